The van der Waals surface area contributed by atoms with Gasteiger partial charge in [0.1, 0.15) is 0 Å². The number of benzene rings is 4. The zero-order valence-electron chi connectivity index (χ0n) is 14.9. The summed E-state index contributed by atoms with van der Waals surface area (Å²) in [7, 11) is -1.17. The fraction of sp³-hybridized carbons (Fsp3) is 0. The van der Waals surface area contributed by atoms with Crippen LogP contribution in [-0.4, -0.2) is 33.7 Å². The van der Waals surface area contributed by atoms with Gasteiger partial charge in [0, 0.05) is 0 Å². The van der Waals surface area contributed by atoms with Crippen LogP contribution >= 0.6 is 0 Å². The Bertz CT molecular complexity index is 1290. The molecule has 28 heavy (non-hydrogen) atoms. The van der Waals surface area contributed by atoms with Crippen LogP contribution in [-0.2, 0) is 10.8 Å². The first-order valence-corrected chi connectivity index (χ1v) is 13.5. The quantitative estimate of drug-likeness (QED) is 0.336. The van der Waals surface area contributed by atoms with Crippen molar-refractivity contribution in [3.8, 4) is 0 Å². The molecule has 0 saturated carbocycles. The molecule has 0 saturated heterocycles. The summed E-state index contributed by atoms with van der Waals surface area (Å²) in [6.07, 6.45) is 0. The molecule has 136 valence electrons. The predicted octanol–water partition coefficient (Wildman–Crippen LogP) is 3.87. The molecule has 0 amide bonds. The topological polar surface area (TPSA) is 17.1 Å². The van der Waals surface area contributed by atoms with Crippen molar-refractivity contribution in [3.05, 3.63) is 97.1 Å². The van der Waals surface area contributed by atoms with Crippen molar-refractivity contribution < 1.29 is 4.21 Å². The van der Waals surface area contributed by atoms with Crippen LogP contribution in [0.5, 0.6) is 0 Å². The Morgan fingerprint density at radius 3 is 2.04 bits per heavy atom. The van der Waals surface area contributed by atoms with Crippen LogP contribution in [0.25, 0.3) is 19.3 Å². The van der Waals surface area contributed by atoms with E-state index in [1.165, 1.54) is 28.2 Å². The minimum atomic E-state index is -1.17. The minimum absolute atomic E-state index is 0.228. The van der Waals surface area contributed by atoms with Crippen molar-refractivity contribution in [2.75, 3.05) is 0 Å². The van der Waals surface area contributed by atoms with Crippen LogP contribution in [0.15, 0.2) is 107 Å². The maximum absolute atomic E-state index is 13.4. The van der Waals surface area contributed by atoms with Crippen LogP contribution in [0.3, 0.4) is 0 Å². The molecular weight excluding hydrogens is 494 g/mol. The maximum atomic E-state index is 13.4. The molecule has 0 aliphatic heterocycles. The fourth-order valence-corrected chi connectivity index (χ4v) is 9.61. The van der Waals surface area contributed by atoms with E-state index in [1.54, 1.807) is 0 Å². The van der Waals surface area contributed by atoms with Crippen molar-refractivity contribution in [2.24, 2.45) is 0 Å². The summed E-state index contributed by atoms with van der Waals surface area (Å²) in [4.78, 5) is 1.81. The molecule has 1 unspecified atom stereocenters. The Morgan fingerprint density at radius 1 is 0.643 bits per heavy atom. The Balaban J connectivity index is 1.75. The van der Waals surface area contributed by atoms with Gasteiger partial charge < -0.3 is 0 Å². The van der Waals surface area contributed by atoms with Gasteiger partial charge >= 0.3 is 180 Å². The second-order valence-electron chi connectivity index (χ2n) is 6.36. The van der Waals surface area contributed by atoms with E-state index in [2.05, 4.69) is 60.7 Å². The van der Waals surface area contributed by atoms with E-state index in [4.69, 9.17) is 0 Å². The summed E-state index contributed by atoms with van der Waals surface area (Å²) in [5.41, 5.74) is 0. The molecule has 0 bridgehead atoms. The van der Waals surface area contributed by atoms with Crippen molar-refractivity contribution >= 4 is 68.5 Å². The molecule has 1 atom stereocenters. The average Bonchev–Trinajstić information content (AvgIpc) is 3.14. The molecule has 1 nitrogen and oxygen atoms in total. The first-order valence-electron chi connectivity index (χ1n) is 8.95. The van der Waals surface area contributed by atoms with Gasteiger partial charge in [0.2, 0.25) is 0 Å². The molecule has 1 heterocycles. The molecule has 1 aromatic heterocycles. The van der Waals surface area contributed by atoms with Gasteiger partial charge in [0.15, 0.2) is 0 Å². The zero-order chi connectivity index (χ0) is 18.9. The third kappa shape index (κ3) is 3.32. The standard InChI is InChI=1S/C24H16OSSe2/c25-26(17-9-3-1-4-10-17)19-13-7-14-20-23(19)24-21(15-8-16-22(24)28-20)27-18-11-5-2-6-12-18/h1-16H. The number of hydrogen-bond donors (Lipinski definition) is 0. The van der Waals surface area contributed by atoms with E-state index in [1.807, 2.05) is 36.4 Å². The van der Waals surface area contributed by atoms with Gasteiger partial charge in [-0.2, -0.15) is 0 Å². The second-order valence-corrected chi connectivity index (χ2v) is 12.4. The summed E-state index contributed by atoms with van der Waals surface area (Å²) in [6, 6.07) is 33.5. The van der Waals surface area contributed by atoms with E-state index in [0.717, 1.165) is 9.79 Å². The number of fused-ring (bicyclic) bond motifs is 3. The fourth-order valence-electron chi connectivity index (χ4n) is 3.33. The van der Waals surface area contributed by atoms with Crippen LogP contribution in [0.2, 0.25) is 0 Å². The van der Waals surface area contributed by atoms with Crippen LogP contribution in [0, 0.1) is 0 Å². The van der Waals surface area contributed by atoms with Crippen molar-refractivity contribution in [3.63, 3.8) is 0 Å². The van der Waals surface area contributed by atoms with Crippen molar-refractivity contribution in [1.82, 2.24) is 0 Å². The van der Waals surface area contributed by atoms with Crippen LogP contribution in [0.1, 0.15) is 0 Å². The molecule has 0 aliphatic rings. The van der Waals surface area contributed by atoms with E-state index in [0.29, 0.717) is 0 Å². The van der Waals surface area contributed by atoms with Gasteiger partial charge in [-0.3, -0.25) is 0 Å². The summed E-state index contributed by atoms with van der Waals surface area (Å²) in [5.74, 6) is 0. The molecular formula is C24H16OSSe2. The molecule has 0 N–H and O–H groups in total. The second kappa shape index (κ2) is 7.83. The van der Waals surface area contributed by atoms with Crippen LogP contribution < -0.4 is 8.92 Å². The van der Waals surface area contributed by atoms with Gasteiger partial charge in [0.05, 0.1) is 0 Å². The molecule has 4 heteroatoms. The molecule has 0 spiro atoms. The van der Waals surface area contributed by atoms with Crippen LogP contribution in [0.4, 0.5) is 0 Å². The van der Waals surface area contributed by atoms with Gasteiger partial charge in [-0.15, -0.1) is 0 Å². The third-order valence-electron chi connectivity index (χ3n) is 4.57. The molecule has 0 fully saturated rings. The van der Waals surface area contributed by atoms with Gasteiger partial charge in [0.25, 0.3) is 0 Å². The first-order chi connectivity index (χ1) is 13.8. The predicted molar refractivity (Wildman–Crippen MR) is 121 cm³/mol. The summed E-state index contributed by atoms with van der Waals surface area (Å²) < 4.78 is 18.9. The molecule has 5 aromatic rings. The first kappa shape index (κ1) is 18.1. The Kier molecular flexibility index (Phi) is 5.07. The van der Waals surface area contributed by atoms with E-state index in [-0.39, 0.29) is 29.5 Å². The number of rotatable bonds is 4. The summed E-state index contributed by atoms with van der Waals surface area (Å²) in [6.45, 7) is 0. The Hall–Kier alpha value is -1.93. The van der Waals surface area contributed by atoms with Gasteiger partial charge in [-0.05, 0) is 0 Å². The van der Waals surface area contributed by atoms with Crippen molar-refractivity contribution in [2.45, 2.75) is 9.79 Å². The molecule has 5 rings (SSSR count). The Morgan fingerprint density at radius 2 is 1.29 bits per heavy atom. The molecule has 4 aromatic carbocycles. The SMILES string of the molecule is O=S(c1ccccc1)c1cccc2[se]c3cccc([Se]c4ccccc4)c3c12. The van der Waals surface area contributed by atoms with E-state index < -0.39 is 10.8 Å². The average molecular weight is 510 g/mol. The van der Waals surface area contributed by atoms with Gasteiger partial charge in [-0.1, -0.05) is 0 Å². The van der Waals surface area contributed by atoms with Gasteiger partial charge in [-0.25, -0.2) is 0 Å². The zero-order valence-corrected chi connectivity index (χ0v) is 19.1. The van der Waals surface area contributed by atoms with E-state index in [9.17, 15) is 4.21 Å². The van der Waals surface area contributed by atoms with E-state index >= 15 is 0 Å². The molecule has 0 radical (unpaired) electrons. The monoisotopic (exact) mass is 512 g/mol. The van der Waals surface area contributed by atoms with Crippen molar-refractivity contribution in [1.29, 1.82) is 0 Å². The third-order valence-corrected chi connectivity index (χ3v) is 10.6. The normalized spacial score (nSPS) is 12.4. The summed E-state index contributed by atoms with van der Waals surface area (Å²) in [5, 5.41) is 2.55. The summed E-state index contributed by atoms with van der Waals surface area (Å²) >= 11 is 0.496. The molecule has 0 aliphatic carbocycles. The Labute approximate surface area is 178 Å². The number of hydrogen-bond acceptors (Lipinski definition) is 1.